The summed E-state index contributed by atoms with van der Waals surface area (Å²) in [5.74, 6) is 1.11. The van der Waals surface area contributed by atoms with Crippen molar-refractivity contribution in [1.82, 2.24) is 0 Å². The Hall–Kier alpha value is -1.90. The van der Waals surface area contributed by atoms with Crippen molar-refractivity contribution in [2.45, 2.75) is 26.2 Å². The maximum Gasteiger partial charge on any atom is 0.188 e. The highest BCUT2D eigenvalue weighted by Crippen LogP contribution is 2.27. The van der Waals surface area contributed by atoms with Gasteiger partial charge in [-0.3, -0.25) is 9.59 Å². The molecule has 1 aliphatic rings. The zero-order chi connectivity index (χ0) is 13.8. The van der Waals surface area contributed by atoms with Gasteiger partial charge in [0.25, 0.3) is 0 Å². The number of Topliss-reactive ketones (excluding diaryl/α,β-unsaturated/α-hetero) is 2. The fraction of sp³-hybridized carbons (Fsp3) is 0.375. The zero-order valence-electron chi connectivity index (χ0n) is 11.3. The lowest BCUT2D eigenvalue weighted by atomic mass is 9.84. The van der Waals surface area contributed by atoms with E-state index < -0.39 is 0 Å². The van der Waals surface area contributed by atoms with Crippen LogP contribution in [0.3, 0.4) is 0 Å². The van der Waals surface area contributed by atoms with Crippen LogP contribution in [0.15, 0.2) is 35.9 Å². The van der Waals surface area contributed by atoms with Gasteiger partial charge in [0.1, 0.15) is 11.5 Å². The Morgan fingerprint density at radius 1 is 1.21 bits per heavy atom. The summed E-state index contributed by atoms with van der Waals surface area (Å²) >= 11 is 0. The molecular weight excluding hydrogens is 240 g/mol. The lowest BCUT2D eigenvalue weighted by Crippen LogP contribution is -2.16. The van der Waals surface area contributed by atoms with Gasteiger partial charge in [0.05, 0.1) is 7.11 Å². The summed E-state index contributed by atoms with van der Waals surface area (Å²) in [5.41, 5.74) is 1.50. The summed E-state index contributed by atoms with van der Waals surface area (Å²) in [4.78, 5) is 23.6. The van der Waals surface area contributed by atoms with Gasteiger partial charge in [-0.2, -0.15) is 0 Å². The molecule has 0 saturated heterocycles. The molecule has 3 heteroatoms. The normalized spacial score (nSPS) is 18.6. The van der Waals surface area contributed by atoms with Crippen molar-refractivity contribution < 1.29 is 14.3 Å². The molecule has 0 heterocycles. The van der Waals surface area contributed by atoms with Gasteiger partial charge in [-0.05, 0) is 56.0 Å². The number of ketones is 2. The van der Waals surface area contributed by atoms with Gasteiger partial charge in [-0.1, -0.05) is 6.08 Å². The third-order valence-corrected chi connectivity index (χ3v) is 3.63. The van der Waals surface area contributed by atoms with Gasteiger partial charge >= 0.3 is 0 Å². The van der Waals surface area contributed by atoms with E-state index in [9.17, 15) is 9.59 Å². The van der Waals surface area contributed by atoms with E-state index in [1.165, 1.54) is 0 Å². The van der Waals surface area contributed by atoms with Gasteiger partial charge in [0.15, 0.2) is 5.78 Å². The van der Waals surface area contributed by atoms with Crippen LogP contribution >= 0.6 is 0 Å². The van der Waals surface area contributed by atoms with Crippen molar-refractivity contribution in [2.75, 3.05) is 7.11 Å². The van der Waals surface area contributed by atoms with E-state index in [1.807, 2.05) is 6.08 Å². The van der Waals surface area contributed by atoms with E-state index in [4.69, 9.17) is 4.74 Å². The Kier molecular flexibility index (Phi) is 4.15. The Bertz CT molecular complexity index is 511. The van der Waals surface area contributed by atoms with Crippen molar-refractivity contribution in [3.63, 3.8) is 0 Å². The topological polar surface area (TPSA) is 43.4 Å². The third kappa shape index (κ3) is 3.11. The molecule has 19 heavy (non-hydrogen) atoms. The Morgan fingerprint density at radius 3 is 2.37 bits per heavy atom. The van der Waals surface area contributed by atoms with Crippen LogP contribution in [0.1, 0.15) is 36.5 Å². The fourth-order valence-corrected chi connectivity index (χ4v) is 2.34. The van der Waals surface area contributed by atoms with Crippen LogP contribution in [0.4, 0.5) is 0 Å². The maximum atomic E-state index is 12.3. The van der Waals surface area contributed by atoms with Gasteiger partial charge in [-0.15, -0.1) is 0 Å². The minimum Gasteiger partial charge on any atom is -0.497 e. The summed E-state index contributed by atoms with van der Waals surface area (Å²) < 4.78 is 5.07. The molecule has 0 saturated carbocycles. The first-order valence-corrected chi connectivity index (χ1v) is 6.50. The molecule has 1 unspecified atom stereocenters. The predicted molar refractivity (Wildman–Crippen MR) is 73.4 cm³/mol. The molecule has 0 aliphatic heterocycles. The minimum absolute atomic E-state index is 0.0599. The number of methoxy groups -OCH3 is 1. The number of carbonyl (C=O) groups is 2. The standard InChI is InChI=1S/C16H18O3/c1-11(17)12-3-5-13(6-4-12)16(18)14-7-9-15(19-2)10-8-14/h5,7-10,12H,3-4,6H2,1-2H3. The lowest BCUT2D eigenvalue weighted by molar-refractivity contribution is -0.120. The quantitative estimate of drug-likeness (QED) is 0.779. The smallest absolute Gasteiger partial charge is 0.188 e. The summed E-state index contributed by atoms with van der Waals surface area (Å²) in [6.07, 6.45) is 4.08. The second-order valence-electron chi connectivity index (χ2n) is 4.87. The molecular formula is C16H18O3. The number of benzene rings is 1. The first kappa shape index (κ1) is 13.5. The largest absolute Gasteiger partial charge is 0.497 e. The predicted octanol–water partition coefficient (Wildman–Crippen LogP) is 3.19. The molecule has 0 N–H and O–H groups in total. The fourth-order valence-electron chi connectivity index (χ4n) is 2.34. The lowest BCUT2D eigenvalue weighted by Gasteiger charge is -2.18. The van der Waals surface area contributed by atoms with Crippen LogP contribution in [0.25, 0.3) is 0 Å². The number of carbonyl (C=O) groups excluding carboxylic acids is 2. The van der Waals surface area contributed by atoms with Crippen molar-refractivity contribution in [3.8, 4) is 5.75 Å². The summed E-state index contributed by atoms with van der Waals surface area (Å²) in [7, 11) is 1.60. The van der Waals surface area contributed by atoms with Gasteiger partial charge < -0.3 is 4.74 Å². The molecule has 0 aromatic heterocycles. The first-order valence-electron chi connectivity index (χ1n) is 6.50. The molecule has 1 aromatic rings. The van der Waals surface area contributed by atoms with Crippen LogP contribution in [0.2, 0.25) is 0 Å². The molecule has 0 spiro atoms. The van der Waals surface area contributed by atoms with E-state index in [-0.39, 0.29) is 17.5 Å². The molecule has 0 fully saturated rings. The van der Waals surface area contributed by atoms with Crippen molar-refractivity contribution in [1.29, 1.82) is 0 Å². The van der Waals surface area contributed by atoms with Crippen LogP contribution in [0, 0.1) is 5.92 Å². The summed E-state index contributed by atoms with van der Waals surface area (Å²) in [6.45, 7) is 1.62. The highest BCUT2D eigenvalue weighted by molar-refractivity contribution is 6.08. The molecule has 2 rings (SSSR count). The third-order valence-electron chi connectivity index (χ3n) is 3.63. The monoisotopic (exact) mass is 258 g/mol. The van der Waals surface area contributed by atoms with Gasteiger partial charge in [0, 0.05) is 11.5 Å². The molecule has 1 aliphatic carbocycles. The molecule has 3 nitrogen and oxygen atoms in total. The van der Waals surface area contributed by atoms with Crippen LogP contribution in [0.5, 0.6) is 5.75 Å². The van der Waals surface area contributed by atoms with Crippen molar-refractivity contribution >= 4 is 11.6 Å². The van der Waals surface area contributed by atoms with Crippen LogP contribution in [-0.4, -0.2) is 18.7 Å². The molecule has 0 amide bonds. The molecule has 0 radical (unpaired) electrons. The first-order chi connectivity index (χ1) is 9.11. The average molecular weight is 258 g/mol. The molecule has 1 atom stereocenters. The SMILES string of the molecule is COc1ccc(C(=O)C2=CCC(C(C)=O)CC2)cc1. The minimum atomic E-state index is 0.0599. The van der Waals surface area contributed by atoms with Crippen LogP contribution < -0.4 is 4.74 Å². The molecule has 0 bridgehead atoms. The number of rotatable bonds is 4. The highest BCUT2D eigenvalue weighted by atomic mass is 16.5. The Balaban J connectivity index is 2.09. The zero-order valence-corrected chi connectivity index (χ0v) is 11.3. The van der Waals surface area contributed by atoms with E-state index in [1.54, 1.807) is 38.3 Å². The van der Waals surface area contributed by atoms with Crippen molar-refractivity contribution in [3.05, 3.63) is 41.5 Å². The number of hydrogen-bond donors (Lipinski definition) is 0. The second-order valence-corrected chi connectivity index (χ2v) is 4.87. The van der Waals surface area contributed by atoms with E-state index in [2.05, 4.69) is 0 Å². The second kappa shape index (κ2) is 5.83. The number of ether oxygens (including phenoxy) is 1. The average Bonchev–Trinajstić information content (AvgIpc) is 2.46. The maximum absolute atomic E-state index is 12.3. The van der Waals surface area contributed by atoms with Gasteiger partial charge in [0.2, 0.25) is 0 Å². The molecule has 1 aromatic carbocycles. The number of allylic oxidation sites excluding steroid dienone is 2. The van der Waals surface area contributed by atoms with Crippen LogP contribution in [-0.2, 0) is 4.79 Å². The van der Waals surface area contributed by atoms with E-state index in [0.717, 1.165) is 17.7 Å². The van der Waals surface area contributed by atoms with Gasteiger partial charge in [-0.25, -0.2) is 0 Å². The Morgan fingerprint density at radius 2 is 1.89 bits per heavy atom. The summed E-state index contributed by atoms with van der Waals surface area (Å²) in [6, 6.07) is 7.13. The molecule has 100 valence electrons. The number of hydrogen-bond acceptors (Lipinski definition) is 3. The van der Waals surface area contributed by atoms with E-state index in [0.29, 0.717) is 18.4 Å². The Labute approximate surface area is 113 Å². The van der Waals surface area contributed by atoms with E-state index >= 15 is 0 Å². The highest BCUT2D eigenvalue weighted by Gasteiger charge is 2.22. The summed E-state index contributed by atoms with van der Waals surface area (Å²) in [5, 5.41) is 0. The van der Waals surface area contributed by atoms with Crippen molar-refractivity contribution in [2.24, 2.45) is 5.92 Å².